The Hall–Kier alpha value is -2.63. The lowest BCUT2D eigenvalue weighted by Gasteiger charge is -2.07. The van der Waals surface area contributed by atoms with E-state index in [2.05, 4.69) is 5.10 Å². The summed E-state index contributed by atoms with van der Waals surface area (Å²) in [5.74, 6) is -1.17. The lowest BCUT2D eigenvalue weighted by Crippen LogP contribution is -2.27. The van der Waals surface area contributed by atoms with Crippen LogP contribution >= 0.6 is 0 Å². The Bertz CT molecular complexity index is 684. The van der Waals surface area contributed by atoms with Crippen molar-refractivity contribution in [2.75, 3.05) is 0 Å². The summed E-state index contributed by atoms with van der Waals surface area (Å²) in [5, 5.41) is 11.3. The summed E-state index contributed by atoms with van der Waals surface area (Å²) in [5.41, 5.74) is -0.915. The van der Waals surface area contributed by atoms with Crippen molar-refractivity contribution in [1.29, 1.82) is 0 Å². The van der Waals surface area contributed by atoms with Gasteiger partial charge >= 0.3 is 5.97 Å². The molecule has 0 unspecified atom stereocenters. The standard InChI is InChI=1S/C11H8N2O4/c14-9-5-6-10(15)13(12-9)8-4-2-1-3-7(8)11(16)17/h1-6H,(H,12,14)(H,16,17). The van der Waals surface area contributed by atoms with E-state index in [0.717, 1.165) is 16.8 Å². The number of aromatic amines is 1. The molecule has 1 aromatic heterocycles. The van der Waals surface area contributed by atoms with E-state index >= 15 is 0 Å². The highest BCUT2D eigenvalue weighted by Crippen LogP contribution is 2.10. The van der Waals surface area contributed by atoms with Gasteiger partial charge in [-0.25, -0.2) is 9.48 Å². The topological polar surface area (TPSA) is 92.2 Å². The van der Waals surface area contributed by atoms with Gasteiger partial charge in [-0.15, -0.1) is 0 Å². The normalized spacial score (nSPS) is 10.1. The van der Waals surface area contributed by atoms with E-state index in [-0.39, 0.29) is 11.3 Å². The third-order valence-electron chi connectivity index (χ3n) is 2.20. The Balaban J connectivity index is 2.77. The zero-order chi connectivity index (χ0) is 12.4. The van der Waals surface area contributed by atoms with Crippen LogP contribution in [0.4, 0.5) is 0 Å². The highest BCUT2D eigenvalue weighted by atomic mass is 16.4. The van der Waals surface area contributed by atoms with Crippen LogP contribution in [0, 0.1) is 0 Å². The molecule has 0 atom stereocenters. The Morgan fingerprint density at radius 1 is 1.12 bits per heavy atom. The highest BCUT2D eigenvalue weighted by molar-refractivity contribution is 5.91. The molecule has 0 spiro atoms. The summed E-state index contributed by atoms with van der Waals surface area (Å²) < 4.78 is 0.909. The molecule has 86 valence electrons. The van der Waals surface area contributed by atoms with Gasteiger partial charge in [0.1, 0.15) is 0 Å². The molecule has 6 heteroatoms. The summed E-state index contributed by atoms with van der Waals surface area (Å²) in [6.07, 6.45) is 0. The number of rotatable bonds is 2. The van der Waals surface area contributed by atoms with E-state index < -0.39 is 17.1 Å². The zero-order valence-electron chi connectivity index (χ0n) is 8.58. The number of H-pyrrole nitrogens is 1. The molecule has 17 heavy (non-hydrogen) atoms. The predicted octanol–water partition coefficient (Wildman–Crippen LogP) is 0.224. The molecule has 2 aromatic rings. The molecular formula is C11H8N2O4. The first-order valence-corrected chi connectivity index (χ1v) is 4.74. The molecule has 2 rings (SSSR count). The minimum Gasteiger partial charge on any atom is -0.478 e. The van der Waals surface area contributed by atoms with E-state index in [1.54, 1.807) is 12.1 Å². The number of nitrogens with one attached hydrogen (secondary N) is 1. The first kappa shape index (κ1) is 10.9. The number of hydrogen-bond donors (Lipinski definition) is 2. The van der Waals surface area contributed by atoms with E-state index in [1.165, 1.54) is 12.1 Å². The number of carboxylic acid groups (broad SMARTS) is 1. The SMILES string of the molecule is O=C(O)c1ccccc1-n1[nH]c(=O)ccc1=O. The minimum atomic E-state index is -1.17. The van der Waals surface area contributed by atoms with Crippen molar-refractivity contribution in [2.24, 2.45) is 0 Å². The monoisotopic (exact) mass is 232 g/mol. The van der Waals surface area contributed by atoms with Crippen molar-refractivity contribution in [3.63, 3.8) is 0 Å². The average molecular weight is 232 g/mol. The number of para-hydroxylation sites is 1. The number of aromatic carboxylic acids is 1. The van der Waals surface area contributed by atoms with Crippen LogP contribution in [-0.4, -0.2) is 20.9 Å². The van der Waals surface area contributed by atoms with Crippen LogP contribution in [0.25, 0.3) is 5.69 Å². The largest absolute Gasteiger partial charge is 0.478 e. The van der Waals surface area contributed by atoms with Crippen molar-refractivity contribution >= 4 is 5.97 Å². The second-order valence-electron chi connectivity index (χ2n) is 3.31. The van der Waals surface area contributed by atoms with Gasteiger partial charge in [-0.2, -0.15) is 0 Å². The lowest BCUT2D eigenvalue weighted by molar-refractivity contribution is 0.0696. The Morgan fingerprint density at radius 3 is 2.53 bits per heavy atom. The molecule has 2 N–H and O–H groups in total. The molecule has 0 bridgehead atoms. The number of nitrogens with zero attached hydrogens (tertiary/aromatic N) is 1. The van der Waals surface area contributed by atoms with Gasteiger partial charge in [-0.05, 0) is 12.1 Å². The number of carbonyl (C=O) groups is 1. The minimum absolute atomic E-state index is 0.0588. The lowest BCUT2D eigenvalue weighted by atomic mass is 10.2. The number of carboxylic acids is 1. The second kappa shape index (κ2) is 4.09. The van der Waals surface area contributed by atoms with Gasteiger partial charge in [-0.1, -0.05) is 12.1 Å². The molecule has 0 aliphatic heterocycles. The van der Waals surface area contributed by atoms with Crippen molar-refractivity contribution < 1.29 is 9.90 Å². The second-order valence-corrected chi connectivity index (χ2v) is 3.31. The summed E-state index contributed by atoms with van der Waals surface area (Å²) in [4.78, 5) is 33.7. The Labute approximate surface area is 94.7 Å². The molecule has 1 heterocycles. The van der Waals surface area contributed by atoms with Crippen LogP contribution in [0.15, 0.2) is 46.0 Å². The molecule has 0 radical (unpaired) electrons. The molecule has 6 nitrogen and oxygen atoms in total. The summed E-state index contributed by atoms with van der Waals surface area (Å²) in [6, 6.07) is 8.09. The summed E-state index contributed by atoms with van der Waals surface area (Å²) in [6.45, 7) is 0. The van der Waals surface area contributed by atoms with Gasteiger partial charge in [0.15, 0.2) is 0 Å². The van der Waals surface area contributed by atoms with Crippen LogP contribution in [-0.2, 0) is 0 Å². The molecular weight excluding hydrogens is 224 g/mol. The van der Waals surface area contributed by atoms with Gasteiger partial charge < -0.3 is 5.11 Å². The van der Waals surface area contributed by atoms with E-state index in [1.807, 2.05) is 0 Å². The Kier molecular flexibility index (Phi) is 2.61. The van der Waals surface area contributed by atoms with Crippen LogP contribution in [0.3, 0.4) is 0 Å². The fourth-order valence-electron chi connectivity index (χ4n) is 1.45. The van der Waals surface area contributed by atoms with Crippen molar-refractivity contribution in [3.05, 3.63) is 62.7 Å². The first-order chi connectivity index (χ1) is 8.09. The van der Waals surface area contributed by atoms with Gasteiger partial charge in [0, 0.05) is 12.1 Å². The zero-order valence-corrected chi connectivity index (χ0v) is 8.58. The predicted molar refractivity (Wildman–Crippen MR) is 59.6 cm³/mol. The van der Waals surface area contributed by atoms with Gasteiger partial charge in [0.25, 0.3) is 11.1 Å². The maximum absolute atomic E-state index is 11.5. The van der Waals surface area contributed by atoms with E-state index in [0.29, 0.717) is 0 Å². The molecule has 0 amide bonds. The molecule has 0 saturated carbocycles. The van der Waals surface area contributed by atoms with Crippen LogP contribution in [0.5, 0.6) is 0 Å². The molecule has 0 aliphatic carbocycles. The molecule has 0 saturated heterocycles. The molecule has 0 fully saturated rings. The molecule has 1 aromatic carbocycles. The fourth-order valence-corrected chi connectivity index (χ4v) is 1.45. The van der Waals surface area contributed by atoms with Crippen LogP contribution in [0.2, 0.25) is 0 Å². The average Bonchev–Trinajstić information content (AvgIpc) is 2.32. The van der Waals surface area contributed by atoms with Gasteiger partial charge in [0.2, 0.25) is 0 Å². The number of hydrogen-bond acceptors (Lipinski definition) is 3. The summed E-state index contributed by atoms with van der Waals surface area (Å²) >= 11 is 0. The third-order valence-corrected chi connectivity index (χ3v) is 2.20. The highest BCUT2D eigenvalue weighted by Gasteiger charge is 2.11. The van der Waals surface area contributed by atoms with Crippen LogP contribution in [0.1, 0.15) is 10.4 Å². The Morgan fingerprint density at radius 2 is 1.82 bits per heavy atom. The smallest absolute Gasteiger partial charge is 0.337 e. The maximum atomic E-state index is 11.5. The summed E-state index contributed by atoms with van der Waals surface area (Å²) in [7, 11) is 0. The van der Waals surface area contributed by atoms with E-state index in [9.17, 15) is 14.4 Å². The van der Waals surface area contributed by atoms with Crippen molar-refractivity contribution in [2.45, 2.75) is 0 Å². The van der Waals surface area contributed by atoms with E-state index in [4.69, 9.17) is 5.11 Å². The third kappa shape index (κ3) is 2.00. The molecule has 0 aliphatic rings. The fraction of sp³-hybridized carbons (Fsp3) is 0. The number of aromatic nitrogens is 2. The quantitative estimate of drug-likeness (QED) is 0.774. The van der Waals surface area contributed by atoms with Crippen molar-refractivity contribution in [3.8, 4) is 5.69 Å². The van der Waals surface area contributed by atoms with Crippen LogP contribution < -0.4 is 11.1 Å². The van der Waals surface area contributed by atoms with Crippen molar-refractivity contribution in [1.82, 2.24) is 9.78 Å². The number of benzene rings is 1. The van der Waals surface area contributed by atoms with Gasteiger partial charge in [-0.3, -0.25) is 14.7 Å². The first-order valence-electron chi connectivity index (χ1n) is 4.74. The van der Waals surface area contributed by atoms with Gasteiger partial charge in [0.05, 0.1) is 11.3 Å². The maximum Gasteiger partial charge on any atom is 0.337 e.